The second-order valence-corrected chi connectivity index (χ2v) is 5.55. The molecule has 0 bridgehead atoms. The van der Waals surface area contributed by atoms with E-state index >= 15 is 0 Å². The fourth-order valence-corrected chi connectivity index (χ4v) is 2.60. The van der Waals surface area contributed by atoms with Crippen molar-refractivity contribution in [2.75, 3.05) is 7.11 Å². The van der Waals surface area contributed by atoms with Gasteiger partial charge in [-0.3, -0.25) is 19.4 Å². The predicted octanol–water partition coefficient (Wildman–Crippen LogP) is 2.33. The van der Waals surface area contributed by atoms with Crippen LogP contribution >= 0.6 is 0 Å². The second kappa shape index (κ2) is 6.72. The third-order valence-electron chi connectivity index (χ3n) is 3.84. The Morgan fingerprint density at radius 3 is 2.00 bits per heavy atom. The standard InChI is InChI=1S/C18H15FN2O4/c1-25-15-7-3-5-13(9-15)11-21-17(23)16(22)20(18(21)24)10-12-4-2-6-14(19)8-12/h2-9H,10-11H2,1H3. The van der Waals surface area contributed by atoms with Crippen molar-refractivity contribution in [1.82, 2.24) is 9.80 Å². The number of halogens is 1. The van der Waals surface area contributed by atoms with Gasteiger partial charge >= 0.3 is 17.8 Å². The molecule has 0 aliphatic carbocycles. The van der Waals surface area contributed by atoms with Crippen LogP contribution in [0.15, 0.2) is 48.5 Å². The van der Waals surface area contributed by atoms with Crippen LogP contribution in [0.3, 0.4) is 0 Å². The fraction of sp³-hybridized carbons (Fsp3) is 0.167. The Bertz CT molecular complexity index is 852. The molecule has 1 saturated heterocycles. The number of ether oxygens (including phenoxy) is 1. The molecular formula is C18H15FN2O4. The molecule has 0 saturated carbocycles. The zero-order chi connectivity index (χ0) is 18.0. The van der Waals surface area contributed by atoms with Gasteiger partial charge in [0.05, 0.1) is 20.2 Å². The molecule has 1 aliphatic rings. The molecule has 7 heteroatoms. The Labute approximate surface area is 143 Å². The van der Waals surface area contributed by atoms with E-state index in [0.717, 1.165) is 9.80 Å². The van der Waals surface area contributed by atoms with E-state index < -0.39 is 23.7 Å². The lowest BCUT2D eigenvalue weighted by Crippen LogP contribution is -2.32. The molecule has 0 unspecified atom stereocenters. The van der Waals surface area contributed by atoms with Gasteiger partial charge in [0.15, 0.2) is 0 Å². The van der Waals surface area contributed by atoms with Crippen molar-refractivity contribution in [3.05, 3.63) is 65.5 Å². The average Bonchev–Trinajstić information content (AvgIpc) is 2.80. The number of carbonyl (C=O) groups is 3. The zero-order valence-electron chi connectivity index (χ0n) is 13.4. The number of nitrogens with zero attached hydrogens (tertiary/aromatic N) is 2. The highest BCUT2D eigenvalue weighted by molar-refractivity contribution is 6.44. The first kappa shape index (κ1) is 16.6. The smallest absolute Gasteiger partial charge is 0.334 e. The lowest BCUT2D eigenvalue weighted by Gasteiger charge is -2.16. The Morgan fingerprint density at radius 2 is 1.44 bits per heavy atom. The number of hydrogen-bond acceptors (Lipinski definition) is 4. The first-order valence-electron chi connectivity index (χ1n) is 7.54. The molecule has 1 aliphatic heterocycles. The Kier molecular flexibility index (Phi) is 4.47. The van der Waals surface area contributed by atoms with Crippen LogP contribution < -0.4 is 4.74 Å². The molecule has 25 heavy (non-hydrogen) atoms. The van der Waals surface area contributed by atoms with Gasteiger partial charge in [-0.15, -0.1) is 0 Å². The number of benzene rings is 2. The Balaban J connectivity index is 1.79. The number of imide groups is 2. The monoisotopic (exact) mass is 342 g/mol. The number of carbonyl (C=O) groups excluding carboxylic acids is 3. The quantitative estimate of drug-likeness (QED) is 0.618. The van der Waals surface area contributed by atoms with E-state index in [1.54, 1.807) is 30.3 Å². The third-order valence-corrected chi connectivity index (χ3v) is 3.84. The van der Waals surface area contributed by atoms with E-state index in [1.807, 2.05) is 0 Å². The molecule has 0 radical (unpaired) electrons. The topological polar surface area (TPSA) is 66.9 Å². The van der Waals surface area contributed by atoms with Crippen molar-refractivity contribution in [2.24, 2.45) is 0 Å². The highest BCUT2D eigenvalue weighted by Gasteiger charge is 2.44. The van der Waals surface area contributed by atoms with Crippen molar-refractivity contribution in [1.29, 1.82) is 0 Å². The molecule has 0 N–H and O–H groups in total. The lowest BCUT2D eigenvalue weighted by molar-refractivity contribution is -0.143. The average molecular weight is 342 g/mol. The van der Waals surface area contributed by atoms with Gasteiger partial charge in [0.25, 0.3) is 0 Å². The summed E-state index contributed by atoms with van der Waals surface area (Å²) in [7, 11) is 1.51. The molecule has 4 amide bonds. The summed E-state index contributed by atoms with van der Waals surface area (Å²) in [5.74, 6) is -1.71. The highest BCUT2D eigenvalue weighted by atomic mass is 19.1. The van der Waals surface area contributed by atoms with Gasteiger partial charge in [0, 0.05) is 0 Å². The first-order valence-corrected chi connectivity index (χ1v) is 7.54. The predicted molar refractivity (Wildman–Crippen MR) is 85.9 cm³/mol. The summed E-state index contributed by atoms with van der Waals surface area (Å²) in [6, 6.07) is 11.7. The summed E-state index contributed by atoms with van der Waals surface area (Å²) < 4.78 is 18.4. The summed E-state index contributed by atoms with van der Waals surface area (Å²) in [5, 5.41) is 0. The normalized spacial score (nSPS) is 14.4. The first-order chi connectivity index (χ1) is 12.0. The Morgan fingerprint density at radius 1 is 0.880 bits per heavy atom. The van der Waals surface area contributed by atoms with Gasteiger partial charge in [-0.2, -0.15) is 0 Å². The van der Waals surface area contributed by atoms with E-state index in [-0.39, 0.29) is 13.1 Å². The van der Waals surface area contributed by atoms with Crippen LogP contribution in [0.2, 0.25) is 0 Å². The minimum absolute atomic E-state index is 0.0414. The molecule has 1 heterocycles. The molecule has 6 nitrogen and oxygen atoms in total. The molecule has 2 aromatic rings. The number of urea groups is 1. The van der Waals surface area contributed by atoms with Crippen molar-refractivity contribution in [3.63, 3.8) is 0 Å². The lowest BCUT2D eigenvalue weighted by atomic mass is 10.2. The highest BCUT2D eigenvalue weighted by Crippen LogP contribution is 2.21. The maximum Gasteiger partial charge on any atom is 0.334 e. The summed E-state index contributed by atoms with van der Waals surface area (Å²) >= 11 is 0. The van der Waals surface area contributed by atoms with Crippen molar-refractivity contribution >= 4 is 17.8 Å². The van der Waals surface area contributed by atoms with Crippen LogP contribution in [0.4, 0.5) is 9.18 Å². The van der Waals surface area contributed by atoms with Crippen LogP contribution in [-0.4, -0.2) is 34.8 Å². The van der Waals surface area contributed by atoms with Gasteiger partial charge in [0.1, 0.15) is 11.6 Å². The van der Waals surface area contributed by atoms with Crippen molar-refractivity contribution < 1.29 is 23.5 Å². The largest absolute Gasteiger partial charge is 0.497 e. The summed E-state index contributed by atoms with van der Waals surface area (Å²) in [5.41, 5.74) is 1.08. The molecule has 0 spiro atoms. The van der Waals surface area contributed by atoms with Crippen LogP contribution in [0.5, 0.6) is 5.75 Å². The summed E-state index contributed by atoms with van der Waals surface area (Å²) in [4.78, 5) is 38.4. The van der Waals surface area contributed by atoms with E-state index in [4.69, 9.17) is 4.74 Å². The molecule has 0 aromatic heterocycles. The molecule has 0 atom stereocenters. The van der Waals surface area contributed by atoms with Crippen molar-refractivity contribution in [3.8, 4) is 5.75 Å². The minimum atomic E-state index is -0.919. The molecule has 128 valence electrons. The maximum absolute atomic E-state index is 13.3. The summed E-state index contributed by atoms with van der Waals surface area (Å²) in [6.07, 6.45) is 0. The third kappa shape index (κ3) is 3.35. The number of amides is 4. The van der Waals surface area contributed by atoms with Crippen LogP contribution in [-0.2, 0) is 22.7 Å². The minimum Gasteiger partial charge on any atom is -0.497 e. The van der Waals surface area contributed by atoms with E-state index in [2.05, 4.69) is 0 Å². The van der Waals surface area contributed by atoms with Gasteiger partial charge in [0.2, 0.25) is 0 Å². The summed E-state index contributed by atoms with van der Waals surface area (Å²) in [6.45, 7) is -0.198. The second-order valence-electron chi connectivity index (χ2n) is 5.55. The van der Waals surface area contributed by atoms with E-state index in [1.165, 1.54) is 25.3 Å². The van der Waals surface area contributed by atoms with Crippen LogP contribution in [0.25, 0.3) is 0 Å². The van der Waals surface area contributed by atoms with E-state index in [9.17, 15) is 18.8 Å². The number of hydrogen-bond donors (Lipinski definition) is 0. The SMILES string of the molecule is COc1cccc(CN2C(=O)C(=O)N(Cc3cccc(F)c3)C2=O)c1. The zero-order valence-corrected chi connectivity index (χ0v) is 13.4. The molecule has 2 aromatic carbocycles. The van der Waals surface area contributed by atoms with Gasteiger partial charge in [-0.05, 0) is 35.4 Å². The molecular weight excluding hydrogens is 327 g/mol. The molecule has 1 fully saturated rings. The van der Waals surface area contributed by atoms with Gasteiger partial charge in [-0.1, -0.05) is 24.3 Å². The van der Waals surface area contributed by atoms with Gasteiger partial charge in [-0.25, -0.2) is 9.18 Å². The van der Waals surface area contributed by atoms with Gasteiger partial charge < -0.3 is 4.74 Å². The fourth-order valence-electron chi connectivity index (χ4n) is 2.60. The molecule has 3 rings (SSSR count). The van der Waals surface area contributed by atoms with Crippen LogP contribution in [0.1, 0.15) is 11.1 Å². The van der Waals surface area contributed by atoms with Crippen LogP contribution in [0, 0.1) is 5.82 Å². The maximum atomic E-state index is 13.3. The number of methoxy groups -OCH3 is 1. The number of rotatable bonds is 5. The van der Waals surface area contributed by atoms with Crippen molar-refractivity contribution in [2.45, 2.75) is 13.1 Å². The van der Waals surface area contributed by atoms with E-state index in [0.29, 0.717) is 16.9 Å². The Hall–Kier alpha value is -3.22.